The number of carbonyl (C=O) groups excluding carboxylic acids is 1. The van der Waals surface area contributed by atoms with E-state index in [1.54, 1.807) is 25.1 Å². The van der Waals surface area contributed by atoms with Gasteiger partial charge in [-0.05, 0) is 36.1 Å². The Hall–Kier alpha value is -2.85. The summed E-state index contributed by atoms with van der Waals surface area (Å²) in [4.78, 5) is 18.9. The number of anilines is 1. The van der Waals surface area contributed by atoms with E-state index in [9.17, 15) is 18.0 Å². The highest BCUT2D eigenvalue weighted by Gasteiger charge is 2.36. The van der Waals surface area contributed by atoms with Gasteiger partial charge in [-0.3, -0.25) is 9.69 Å². The quantitative estimate of drug-likeness (QED) is 0.405. The zero-order valence-corrected chi connectivity index (χ0v) is 19.1. The molecule has 0 aliphatic carbocycles. The SMILES string of the molecule is CCSc1nnc2c(n1)O[C@H](c1ccc(C(F)(F)F)cc1)N(C(=O)CC)c1ccc(Cl)cc1-2. The monoisotopic (exact) mass is 494 g/mol. The molecular weight excluding hydrogens is 477 g/mol. The van der Waals surface area contributed by atoms with Gasteiger partial charge in [0.05, 0.1) is 11.3 Å². The second-order valence-corrected chi connectivity index (χ2v) is 8.72. The van der Waals surface area contributed by atoms with Crippen molar-refractivity contribution in [3.63, 3.8) is 0 Å². The van der Waals surface area contributed by atoms with Crippen LogP contribution in [0.2, 0.25) is 5.02 Å². The third-order valence-electron chi connectivity index (χ3n) is 4.93. The van der Waals surface area contributed by atoms with Gasteiger partial charge in [0.15, 0.2) is 5.69 Å². The summed E-state index contributed by atoms with van der Waals surface area (Å²) >= 11 is 7.58. The molecule has 2 aromatic carbocycles. The van der Waals surface area contributed by atoms with Crippen molar-refractivity contribution in [2.45, 2.75) is 37.8 Å². The Morgan fingerprint density at radius 1 is 1.15 bits per heavy atom. The Morgan fingerprint density at radius 2 is 1.88 bits per heavy atom. The Bertz CT molecular complexity index is 1190. The molecule has 6 nitrogen and oxygen atoms in total. The number of carbonyl (C=O) groups is 1. The third kappa shape index (κ3) is 4.63. The zero-order valence-electron chi connectivity index (χ0n) is 17.6. The van der Waals surface area contributed by atoms with Crippen LogP contribution in [0.15, 0.2) is 47.6 Å². The first kappa shape index (κ1) is 23.3. The second kappa shape index (κ2) is 9.18. The summed E-state index contributed by atoms with van der Waals surface area (Å²) in [7, 11) is 0. The molecule has 1 atom stereocenters. The van der Waals surface area contributed by atoms with E-state index < -0.39 is 18.0 Å². The summed E-state index contributed by atoms with van der Waals surface area (Å²) in [6.45, 7) is 3.62. The van der Waals surface area contributed by atoms with E-state index in [1.807, 2.05) is 6.92 Å². The largest absolute Gasteiger partial charge is 0.447 e. The van der Waals surface area contributed by atoms with Crippen LogP contribution in [0.25, 0.3) is 11.3 Å². The Labute approximate surface area is 197 Å². The Kier molecular flexibility index (Phi) is 6.49. The first-order chi connectivity index (χ1) is 15.7. The zero-order chi connectivity index (χ0) is 23.8. The van der Waals surface area contributed by atoms with Crippen LogP contribution in [0.3, 0.4) is 0 Å². The van der Waals surface area contributed by atoms with E-state index in [4.69, 9.17) is 16.3 Å². The number of hydrogen-bond acceptors (Lipinski definition) is 6. The van der Waals surface area contributed by atoms with Gasteiger partial charge < -0.3 is 4.74 Å². The smallest absolute Gasteiger partial charge is 0.416 e. The molecule has 1 aliphatic heterocycles. The average molecular weight is 495 g/mol. The van der Waals surface area contributed by atoms with Gasteiger partial charge in [0.25, 0.3) is 0 Å². The van der Waals surface area contributed by atoms with Crippen molar-refractivity contribution in [1.29, 1.82) is 0 Å². The molecule has 0 saturated carbocycles. The summed E-state index contributed by atoms with van der Waals surface area (Å²) in [6, 6.07) is 9.40. The van der Waals surface area contributed by atoms with Crippen LogP contribution in [-0.2, 0) is 11.0 Å². The minimum absolute atomic E-state index is 0.112. The molecule has 0 N–H and O–H groups in total. The normalized spacial score (nSPS) is 15.3. The standard InChI is InChI=1S/C22H18ClF3N4O2S/c1-3-17(31)30-16-10-9-14(23)11-15(16)18-19(27-21(29-28-18)33-4-2)32-20(30)12-5-7-13(8-6-12)22(24,25)26/h5-11,20H,3-4H2,1-2H3/t20-/m1/s1. The predicted octanol–water partition coefficient (Wildman–Crippen LogP) is 6.16. The first-order valence-corrected chi connectivity index (χ1v) is 11.4. The van der Waals surface area contributed by atoms with Crippen molar-refractivity contribution in [1.82, 2.24) is 15.2 Å². The van der Waals surface area contributed by atoms with Crippen LogP contribution in [0.1, 0.15) is 37.6 Å². The number of fused-ring (bicyclic) bond motifs is 3. The van der Waals surface area contributed by atoms with E-state index in [-0.39, 0.29) is 23.9 Å². The molecule has 0 saturated heterocycles. The maximum atomic E-state index is 13.1. The predicted molar refractivity (Wildman–Crippen MR) is 119 cm³/mol. The molecule has 0 spiro atoms. The number of amides is 1. The summed E-state index contributed by atoms with van der Waals surface area (Å²) in [6.07, 6.45) is -5.42. The van der Waals surface area contributed by atoms with Crippen molar-refractivity contribution in [2.24, 2.45) is 0 Å². The van der Waals surface area contributed by atoms with Crippen LogP contribution in [-0.4, -0.2) is 26.8 Å². The van der Waals surface area contributed by atoms with Crippen LogP contribution in [0, 0.1) is 0 Å². The maximum absolute atomic E-state index is 13.1. The molecule has 11 heteroatoms. The molecule has 2 heterocycles. The molecule has 4 rings (SSSR count). The van der Waals surface area contributed by atoms with Crippen molar-refractivity contribution in [2.75, 3.05) is 10.7 Å². The lowest BCUT2D eigenvalue weighted by molar-refractivity contribution is -0.137. The van der Waals surface area contributed by atoms with Gasteiger partial charge in [0.1, 0.15) is 0 Å². The van der Waals surface area contributed by atoms with Crippen molar-refractivity contribution < 1.29 is 22.7 Å². The van der Waals surface area contributed by atoms with Crippen LogP contribution < -0.4 is 9.64 Å². The van der Waals surface area contributed by atoms with Gasteiger partial charge in [0.2, 0.25) is 23.2 Å². The lowest BCUT2D eigenvalue weighted by Gasteiger charge is -2.30. The molecule has 1 aliphatic rings. The van der Waals surface area contributed by atoms with Gasteiger partial charge in [-0.25, -0.2) is 0 Å². The highest BCUT2D eigenvalue weighted by atomic mass is 35.5. The number of benzene rings is 2. The summed E-state index contributed by atoms with van der Waals surface area (Å²) in [5, 5.41) is 9.18. The molecule has 3 aromatic rings. The highest BCUT2D eigenvalue weighted by Crippen LogP contribution is 2.45. The van der Waals surface area contributed by atoms with Gasteiger partial charge in [-0.2, -0.15) is 18.2 Å². The fourth-order valence-corrected chi connectivity index (χ4v) is 4.10. The number of halogens is 4. The summed E-state index contributed by atoms with van der Waals surface area (Å²) in [5.41, 5.74) is 0.772. The van der Waals surface area contributed by atoms with E-state index in [2.05, 4.69) is 15.2 Å². The third-order valence-corrected chi connectivity index (χ3v) is 5.89. The number of rotatable bonds is 4. The van der Waals surface area contributed by atoms with Crippen LogP contribution in [0.4, 0.5) is 18.9 Å². The molecule has 1 aromatic heterocycles. The second-order valence-electron chi connectivity index (χ2n) is 7.05. The number of alkyl halides is 3. The fraction of sp³-hybridized carbons (Fsp3) is 0.273. The molecular formula is C22H18ClF3N4O2S. The molecule has 0 bridgehead atoms. The molecule has 1 amide bonds. The molecule has 0 unspecified atom stereocenters. The summed E-state index contributed by atoms with van der Waals surface area (Å²) < 4.78 is 45.5. The van der Waals surface area contributed by atoms with Gasteiger partial charge >= 0.3 is 6.18 Å². The van der Waals surface area contributed by atoms with Gasteiger partial charge in [-0.15, -0.1) is 10.2 Å². The first-order valence-electron chi connectivity index (χ1n) is 10.1. The van der Waals surface area contributed by atoms with Crippen molar-refractivity contribution >= 4 is 35.0 Å². The number of thioether (sulfide) groups is 1. The Morgan fingerprint density at radius 3 is 2.52 bits per heavy atom. The molecule has 172 valence electrons. The highest BCUT2D eigenvalue weighted by molar-refractivity contribution is 7.99. The van der Waals surface area contributed by atoms with Crippen LogP contribution >= 0.6 is 23.4 Å². The van der Waals surface area contributed by atoms with E-state index in [0.29, 0.717) is 32.7 Å². The van der Waals surface area contributed by atoms with E-state index >= 15 is 0 Å². The average Bonchev–Trinajstić information content (AvgIpc) is 2.92. The van der Waals surface area contributed by atoms with Crippen LogP contribution in [0.5, 0.6) is 5.88 Å². The van der Waals surface area contributed by atoms with E-state index in [1.165, 1.54) is 28.8 Å². The number of ether oxygens (including phenoxy) is 1. The van der Waals surface area contributed by atoms with Gasteiger partial charge in [0, 0.05) is 22.6 Å². The number of hydrogen-bond donors (Lipinski definition) is 0. The molecule has 33 heavy (non-hydrogen) atoms. The van der Waals surface area contributed by atoms with E-state index in [0.717, 1.165) is 12.1 Å². The van der Waals surface area contributed by atoms with Gasteiger partial charge in [-0.1, -0.05) is 49.3 Å². The fourth-order valence-electron chi connectivity index (χ4n) is 3.42. The minimum atomic E-state index is -4.48. The lowest BCUT2D eigenvalue weighted by atomic mass is 10.1. The topological polar surface area (TPSA) is 68.2 Å². The Balaban J connectivity index is 1.92. The van der Waals surface area contributed by atoms with Crippen molar-refractivity contribution in [3.05, 3.63) is 58.6 Å². The summed E-state index contributed by atoms with van der Waals surface area (Å²) in [5.74, 6) is 0.513. The molecule has 0 radical (unpaired) electrons. The lowest BCUT2D eigenvalue weighted by Crippen LogP contribution is -2.37. The number of aromatic nitrogens is 3. The number of nitrogens with zero attached hydrogens (tertiary/aromatic N) is 4. The maximum Gasteiger partial charge on any atom is 0.416 e. The molecule has 0 fully saturated rings. The minimum Gasteiger partial charge on any atom is -0.447 e. The van der Waals surface area contributed by atoms with Crippen molar-refractivity contribution in [3.8, 4) is 17.1 Å².